The van der Waals surface area contributed by atoms with E-state index in [-0.39, 0.29) is 11.9 Å². The van der Waals surface area contributed by atoms with Crippen molar-refractivity contribution in [3.63, 3.8) is 0 Å². The Labute approximate surface area is 96.9 Å². The lowest BCUT2D eigenvalue weighted by Gasteiger charge is -2.24. The number of nitrogens with zero attached hydrogens (tertiary/aromatic N) is 1. The van der Waals surface area contributed by atoms with Crippen LogP contribution in [0.25, 0.3) is 0 Å². The van der Waals surface area contributed by atoms with Crippen LogP contribution in [0.1, 0.15) is 40.5 Å². The summed E-state index contributed by atoms with van der Waals surface area (Å²) in [5.74, 6) is 0.501. The number of carbonyl (C=O) groups excluding carboxylic acids is 2. The summed E-state index contributed by atoms with van der Waals surface area (Å²) in [5.41, 5.74) is -0.449. The summed E-state index contributed by atoms with van der Waals surface area (Å²) >= 11 is 0. The van der Waals surface area contributed by atoms with Crippen molar-refractivity contribution < 1.29 is 14.3 Å². The first-order valence-electron chi connectivity index (χ1n) is 5.75. The van der Waals surface area contributed by atoms with E-state index < -0.39 is 5.60 Å². The van der Waals surface area contributed by atoms with Crippen molar-refractivity contribution in [1.82, 2.24) is 4.90 Å². The van der Waals surface area contributed by atoms with Crippen molar-refractivity contribution in [2.75, 3.05) is 13.1 Å². The lowest BCUT2D eigenvalue weighted by atomic mass is 10.0. The molecule has 1 fully saturated rings. The van der Waals surface area contributed by atoms with E-state index in [2.05, 4.69) is 0 Å². The third kappa shape index (κ3) is 4.21. The second-order valence-electron chi connectivity index (χ2n) is 5.49. The molecule has 1 atom stereocenters. The molecule has 0 aromatic rings. The summed E-state index contributed by atoms with van der Waals surface area (Å²) in [7, 11) is 0. The summed E-state index contributed by atoms with van der Waals surface area (Å²) in [6, 6.07) is 0. The van der Waals surface area contributed by atoms with Gasteiger partial charge in [0.1, 0.15) is 11.4 Å². The van der Waals surface area contributed by atoms with Crippen molar-refractivity contribution in [3.8, 4) is 0 Å². The summed E-state index contributed by atoms with van der Waals surface area (Å²) in [6.45, 7) is 8.51. The average Bonchev–Trinajstić information content (AvgIpc) is 2.48. The molecule has 0 bridgehead atoms. The van der Waals surface area contributed by atoms with E-state index in [0.717, 1.165) is 6.42 Å². The zero-order valence-electron chi connectivity index (χ0n) is 10.6. The number of rotatable bonds is 2. The van der Waals surface area contributed by atoms with E-state index in [1.807, 2.05) is 20.8 Å². The van der Waals surface area contributed by atoms with Gasteiger partial charge in [0, 0.05) is 19.5 Å². The maximum Gasteiger partial charge on any atom is 0.410 e. The number of ketones is 1. The number of carbonyl (C=O) groups is 2. The van der Waals surface area contributed by atoms with E-state index in [4.69, 9.17) is 4.74 Å². The largest absolute Gasteiger partial charge is 0.444 e. The molecule has 1 heterocycles. The van der Waals surface area contributed by atoms with Gasteiger partial charge in [0.05, 0.1) is 0 Å². The summed E-state index contributed by atoms with van der Waals surface area (Å²) in [4.78, 5) is 24.4. The van der Waals surface area contributed by atoms with Crippen LogP contribution in [0.2, 0.25) is 0 Å². The molecular formula is C12H21NO3. The van der Waals surface area contributed by atoms with Crippen molar-refractivity contribution >= 4 is 11.9 Å². The van der Waals surface area contributed by atoms with E-state index in [1.165, 1.54) is 0 Å². The fraction of sp³-hybridized carbons (Fsp3) is 0.833. The number of likely N-dealkylation sites (tertiary alicyclic amines) is 1. The lowest BCUT2D eigenvalue weighted by Crippen LogP contribution is -2.35. The van der Waals surface area contributed by atoms with E-state index in [0.29, 0.717) is 25.4 Å². The zero-order chi connectivity index (χ0) is 12.3. The maximum atomic E-state index is 11.7. The van der Waals surface area contributed by atoms with Crippen molar-refractivity contribution in [1.29, 1.82) is 0 Å². The van der Waals surface area contributed by atoms with Gasteiger partial charge in [-0.2, -0.15) is 0 Å². The first-order valence-corrected chi connectivity index (χ1v) is 5.75. The van der Waals surface area contributed by atoms with Crippen molar-refractivity contribution in [2.45, 2.75) is 46.1 Å². The predicted octanol–water partition coefficient (Wildman–Crippen LogP) is 2.22. The molecule has 16 heavy (non-hydrogen) atoms. The molecule has 1 amide bonds. The SMILES string of the molecule is CC(=O)CC1CCN(C(=O)OC(C)(C)C)C1. The van der Waals surface area contributed by atoms with Gasteiger partial charge in [-0.3, -0.25) is 0 Å². The van der Waals surface area contributed by atoms with Gasteiger partial charge < -0.3 is 14.4 Å². The predicted molar refractivity (Wildman–Crippen MR) is 61.2 cm³/mol. The van der Waals surface area contributed by atoms with Gasteiger partial charge in [0.15, 0.2) is 0 Å². The quantitative estimate of drug-likeness (QED) is 0.726. The Kier molecular flexibility index (Phi) is 3.94. The van der Waals surface area contributed by atoms with Gasteiger partial charge in [0.25, 0.3) is 0 Å². The van der Waals surface area contributed by atoms with Crippen LogP contribution in [-0.4, -0.2) is 35.5 Å². The molecule has 0 radical (unpaired) electrons. The first kappa shape index (κ1) is 13.0. The lowest BCUT2D eigenvalue weighted by molar-refractivity contribution is -0.117. The highest BCUT2D eigenvalue weighted by Crippen LogP contribution is 2.21. The summed E-state index contributed by atoms with van der Waals surface area (Å²) in [6.07, 6.45) is 1.21. The molecular weight excluding hydrogens is 206 g/mol. The first-order chi connectivity index (χ1) is 7.28. The number of ether oxygens (including phenoxy) is 1. The number of amides is 1. The molecule has 0 aromatic heterocycles. The number of hydrogen-bond acceptors (Lipinski definition) is 3. The van der Waals surface area contributed by atoms with Gasteiger partial charge in [-0.15, -0.1) is 0 Å². The highest BCUT2D eigenvalue weighted by atomic mass is 16.6. The highest BCUT2D eigenvalue weighted by Gasteiger charge is 2.29. The monoisotopic (exact) mass is 227 g/mol. The maximum absolute atomic E-state index is 11.7. The summed E-state index contributed by atoms with van der Waals surface area (Å²) < 4.78 is 5.28. The molecule has 1 rings (SSSR count). The third-order valence-corrected chi connectivity index (χ3v) is 2.51. The average molecular weight is 227 g/mol. The highest BCUT2D eigenvalue weighted by molar-refractivity contribution is 5.76. The van der Waals surface area contributed by atoms with Crippen LogP contribution in [-0.2, 0) is 9.53 Å². The Balaban J connectivity index is 2.41. The minimum absolute atomic E-state index is 0.191. The molecule has 4 nitrogen and oxygen atoms in total. The Bertz CT molecular complexity index is 280. The molecule has 0 spiro atoms. The minimum atomic E-state index is -0.449. The normalized spacial score (nSPS) is 21.0. The molecule has 1 aliphatic rings. The topological polar surface area (TPSA) is 46.6 Å². The van der Waals surface area contributed by atoms with Crippen LogP contribution in [0.15, 0.2) is 0 Å². The van der Waals surface area contributed by atoms with E-state index >= 15 is 0 Å². The second-order valence-corrected chi connectivity index (χ2v) is 5.49. The standard InChI is InChI=1S/C12H21NO3/c1-9(14)7-10-5-6-13(8-10)11(15)16-12(2,3)4/h10H,5-8H2,1-4H3. The third-order valence-electron chi connectivity index (χ3n) is 2.51. The van der Waals surface area contributed by atoms with Gasteiger partial charge in [0.2, 0.25) is 0 Å². The smallest absolute Gasteiger partial charge is 0.410 e. The van der Waals surface area contributed by atoms with E-state index in [9.17, 15) is 9.59 Å². The molecule has 1 unspecified atom stereocenters. The Morgan fingerprint density at radius 3 is 2.50 bits per heavy atom. The Morgan fingerprint density at radius 2 is 2.00 bits per heavy atom. The van der Waals surface area contributed by atoms with Gasteiger partial charge in [-0.05, 0) is 40.0 Å². The molecule has 0 N–H and O–H groups in total. The summed E-state index contributed by atoms with van der Waals surface area (Å²) in [5, 5.41) is 0. The molecule has 92 valence electrons. The molecule has 1 saturated heterocycles. The van der Waals surface area contributed by atoms with E-state index in [1.54, 1.807) is 11.8 Å². The molecule has 4 heteroatoms. The van der Waals surface area contributed by atoms with Crippen LogP contribution in [0, 0.1) is 5.92 Å². The van der Waals surface area contributed by atoms with Crippen LogP contribution in [0.5, 0.6) is 0 Å². The number of Topliss-reactive ketones (excluding diaryl/α,β-unsaturated/α-hetero) is 1. The molecule has 0 saturated carbocycles. The molecule has 0 aliphatic carbocycles. The van der Waals surface area contributed by atoms with Crippen LogP contribution in [0.3, 0.4) is 0 Å². The fourth-order valence-corrected chi connectivity index (χ4v) is 1.90. The van der Waals surface area contributed by atoms with Crippen LogP contribution < -0.4 is 0 Å². The second kappa shape index (κ2) is 4.85. The van der Waals surface area contributed by atoms with Gasteiger partial charge in [-0.1, -0.05) is 0 Å². The Hall–Kier alpha value is -1.06. The van der Waals surface area contributed by atoms with Crippen LogP contribution >= 0.6 is 0 Å². The van der Waals surface area contributed by atoms with Crippen molar-refractivity contribution in [3.05, 3.63) is 0 Å². The Morgan fingerprint density at radius 1 is 1.38 bits per heavy atom. The van der Waals surface area contributed by atoms with Crippen LogP contribution in [0.4, 0.5) is 4.79 Å². The minimum Gasteiger partial charge on any atom is -0.444 e. The number of hydrogen-bond donors (Lipinski definition) is 0. The molecule has 1 aliphatic heterocycles. The van der Waals surface area contributed by atoms with Gasteiger partial charge >= 0.3 is 6.09 Å². The van der Waals surface area contributed by atoms with Crippen molar-refractivity contribution in [2.24, 2.45) is 5.92 Å². The fourth-order valence-electron chi connectivity index (χ4n) is 1.90. The molecule has 0 aromatic carbocycles. The zero-order valence-corrected chi connectivity index (χ0v) is 10.6. The van der Waals surface area contributed by atoms with Gasteiger partial charge in [-0.25, -0.2) is 4.79 Å².